The SMILES string of the molecule is Nc1c2c(nn1-c1ccc(Cl)cc1Cl)CCCC2. The van der Waals surface area contributed by atoms with Gasteiger partial charge in [0.15, 0.2) is 0 Å². The predicted octanol–water partition coefficient (Wildman–Crippen LogP) is 3.64. The largest absolute Gasteiger partial charge is 0.383 e. The summed E-state index contributed by atoms with van der Waals surface area (Å²) in [5.74, 6) is 0.703. The first-order chi connectivity index (χ1) is 8.66. The number of rotatable bonds is 1. The fourth-order valence-electron chi connectivity index (χ4n) is 2.41. The molecular formula is C13H13Cl2N3. The van der Waals surface area contributed by atoms with Crippen LogP contribution in [0.5, 0.6) is 0 Å². The van der Waals surface area contributed by atoms with Gasteiger partial charge in [-0.2, -0.15) is 5.10 Å². The van der Waals surface area contributed by atoms with Crippen molar-refractivity contribution in [3.63, 3.8) is 0 Å². The smallest absolute Gasteiger partial charge is 0.130 e. The minimum atomic E-state index is 0.564. The van der Waals surface area contributed by atoms with Crippen LogP contribution in [0.2, 0.25) is 10.0 Å². The maximum atomic E-state index is 6.20. The van der Waals surface area contributed by atoms with Crippen LogP contribution in [0.15, 0.2) is 18.2 Å². The topological polar surface area (TPSA) is 43.8 Å². The molecule has 1 heterocycles. The summed E-state index contributed by atoms with van der Waals surface area (Å²) in [5.41, 5.74) is 9.23. The van der Waals surface area contributed by atoms with Crippen LogP contribution < -0.4 is 5.73 Å². The second-order valence-corrected chi connectivity index (χ2v) is 5.37. The molecule has 0 aliphatic heterocycles. The zero-order valence-corrected chi connectivity index (χ0v) is 11.3. The summed E-state index contributed by atoms with van der Waals surface area (Å²) in [6.07, 6.45) is 4.36. The molecule has 1 aliphatic carbocycles. The summed E-state index contributed by atoms with van der Waals surface area (Å²) >= 11 is 12.1. The number of benzene rings is 1. The van der Waals surface area contributed by atoms with Crippen molar-refractivity contribution in [2.24, 2.45) is 0 Å². The van der Waals surface area contributed by atoms with Gasteiger partial charge in [-0.15, -0.1) is 0 Å². The van der Waals surface area contributed by atoms with Gasteiger partial charge in [-0.1, -0.05) is 23.2 Å². The predicted molar refractivity (Wildman–Crippen MR) is 74.6 cm³/mol. The molecule has 0 fully saturated rings. The molecule has 94 valence electrons. The zero-order valence-electron chi connectivity index (χ0n) is 9.79. The number of nitrogens with two attached hydrogens (primary N) is 1. The highest BCUT2D eigenvalue weighted by Gasteiger charge is 2.20. The first kappa shape index (κ1) is 11.9. The van der Waals surface area contributed by atoms with Crippen LogP contribution in [0.1, 0.15) is 24.1 Å². The molecule has 1 aromatic heterocycles. The van der Waals surface area contributed by atoms with Crippen molar-refractivity contribution in [3.05, 3.63) is 39.5 Å². The van der Waals surface area contributed by atoms with Gasteiger partial charge in [0, 0.05) is 10.6 Å². The van der Waals surface area contributed by atoms with Gasteiger partial charge in [0.05, 0.1) is 16.4 Å². The zero-order chi connectivity index (χ0) is 12.7. The van der Waals surface area contributed by atoms with Crippen LogP contribution in [0.25, 0.3) is 5.69 Å². The Morgan fingerprint density at radius 2 is 1.94 bits per heavy atom. The monoisotopic (exact) mass is 281 g/mol. The maximum absolute atomic E-state index is 6.20. The standard InChI is InChI=1S/C13H13Cl2N3/c14-8-5-6-12(10(15)7-8)18-13(16)9-3-1-2-4-11(9)17-18/h5-7H,1-4,16H2. The maximum Gasteiger partial charge on any atom is 0.130 e. The van der Waals surface area contributed by atoms with Crippen molar-refractivity contribution in [1.29, 1.82) is 0 Å². The van der Waals surface area contributed by atoms with Crippen molar-refractivity contribution in [2.75, 3.05) is 5.73 Å². The normalized spacial score (nSPS) is 14.6. The summed E-state index contributed by atoms with van der Waals surface area (Å²) in [6.45, 7) is 0. The Hall–Kier alpha value is -1.19. The first-order valence-corrected chi connectivity index (χ1v) is 6.74. The lowest BCUT2D eigenvalue weighted by Gasteiger charge is -2.09. The molecule has 0 spiro atoms. The van der Waals surface area contributed by atoms with E-state index in [9.17, 15) is 0 Å². The Morgan fingerprint density at radius 1 is 1.17 bits per heavy atom. The van der Waals surface area contributed by atoms with Crippen molar-refractivity contribution in [1.82, 2.24) is 9.78 Å². The van der Waals surface area contributed by atoms with E-state index in [-0.39, 0.29) is 0 Å². The average Bonchev–Trinajstić information content (AvgIpc) is 2.68. The Labute approximate surface area is 115 Å². The Kier molecular flexibility index (Phi) is 2.96. The summed E-state index contributed by atoms with van der Waals surface area (Å²) in [7, 11) is 0. The summed E-state index contributed by atoms with van der Waals surface area (Å²) in [4.78, 5) is 0. The molecule has 0 atom stereocenters. The molecule has 1 aliphatic rings. The highest BCUT2D eigenvalue weighted by Crippen LogP contribution is 2.31. The number of fused-ring (bicyclic) bond motifs is 1. The van der Waals surface area contributed by atoms with Crippen LogP contribution in [0, 0.1) is 0 Å². The molecular weight excluding hydrogens is 269 g/mol. The van der Waals surface area contributed by atoms with E-state index in [0.717, 1.165) is 24.2 Å². The van der Waals surface area contributed by atoms with Gasteiger partial charge in [-0.25, -0.2) is 4.68 Å². The molecule has 2 aromatic rings. The molecule has 3 nitrogen and oxygen atoms in total. The second-order valence-electron chi connectivity index (χ2n) is 4.53. The molecule has 2 N–H and O–H groups in total. The molecule has 3 rings (SSSR count). The van der Waals surface area contributed by atoms with Crippen LogP contribution in [-0.2, 0) is 12.8 Å². The number of anilines is 1. The fourth-order valence-corrected chi connectivity index (χ4v) is 2.90. The van der Waals surface area contributed by atoms with Crippen molar-refractivity contribution in [2.45, 2.75) is 25.7 Å². The number of hydrogen-bond donors (Lipinski definition) is 1. The van der Waals surface area contributed by atoms with E-state index in [4.69, 9.17) is 28.9 Å². The number of nitrogen functional groups attached to an aromatic ring is 1. The molecule has 0 radical (unpaired) electrons. The van der Waals surface area contributed by atoms with Crippen molar-refractivity contribution >= 4 is 29.0 Å². The van der Waals surface area contributed by atoms with Gasteiger partial charge in [0.2, 0.25) is 0 Å². The third-order valence-electron chi connectivity index (χ3n) is 3.33. The van der Waals surface area contributed by atoms with Crippen LogP contribution in [0.4, 0.5) is 5.82 Å². The van der Waals surface area contributed by atoms with E-state index in [2.05, 4.69) is 5.10 Å². The molecule has 0 saturated heterocycles. The highest BCUT2D eigenvalue weighted by molar-refractivity contribution is 6.35. The lowest BCUT2D eigenvalue weighted by Crippen LogP contribution is -2.04. The van der Waals surface area contributed by atoms with Gasteiger partial charge < -0.3 is 5.73 Å². The summed E-state index contributed by atoms with van der Waals surface area (Å²) in [5, 5.41) is 5.75. The molecule has 0 amide bonds. The van der Waals surface area contributed by atoms with Crippen molar-refractivity contribution < 1.29 is 0 Å². The molecule has 0 saturated carbocycles. The van der Waals surface area contributed by atoms with E-state index in [1.165, 1.54) is 18.4 Å². The lowest BCUT2D eigenvalue weighted by atomic mass is 9.98. The van der Waals surface area contributed by atoms with Gasteiger partial charge in [0.25, 0.3) is 0 Å². The first-order valence-electron chi connectivity index (χ1n) is 5.98. The second kappa shape index (κ2) is 4.48. The van der Waals surface area contributed by atoms with E-state index < -0.39 is 0 Å². The number of nitrogens with zero attached hydrogens (tertiary/aromatic N) is 2. The lowest BCUT2D eigenvalue weighted by molar-refractivity contribution is 0.671. The summed E-state index contributed by atoms with van der Waals surface area (Å²) in [6, 6.07) is 5.35. The van der Waals surface area contributed by atoms with E-state index in [0.29, 0.717) is 15.9 Å². The van der Waals surface area contributed by atoms with Crippen LogP contribution in [-0.4, -0.2) is 9.78 Å². The van der Waals surface area contributed by atoms with Gasteiger partial charge in [-0.3, -0.25) is 0 Å². The number of aromatic nitrogens is 2. The minimum absolute atomic E-state index is 0.564. The van der Waals surface area contributed by atoms with Gasteiger partial charge in [0.1, 0.15) is 5.82 Å². The Balaban J connectivity index is 2.14. The van der Waals surface area contributed by atoms with E-state index >= 15 is 0 Å². The molecule has 18 heavy (non-hydrogen) atoms. The van der Waals surface area contributed by atoms with Crippen LogP contribution in [0.3, 0.4) is 0 Å². The summed E-state index contributed by atoms with van der Waals surface area (Å²) < 4.78 is 1.73. The van der Waals surface area contributed by atoms with E-state index in [1.807, 2.05) is 6.07 Å². The van der Waals surface area contributed by atoms with Crippen LogP contribution >= 0.6 is 23.2 Å². The van der Waals surface area contributed by atoms with E-state index in [1.54, 1.807) is 16.8 Å². The third-order valence-corrected chi connectivity index (χ3v) is 3.87. The van der Waals surface area contributed by atoms with Gasteiger partial charge >= 0.3 is 0 Å². The number of halogens is 2. The average molecular weight is 282 g/mol. The van der Waals surface area contributed by atoms with Crippen molar-refractivity contribution in [3.8, 4) is 5.69 Å². The third kappa shape index (κ3) is 1.88. The molecule has 0 unspecified atom stereocenters. The molecule has 1 aromatic carbocycles. The number of hydrogen-bond acceptors (Lipinski definition) is 2. The highest BCUT2D eigenvalue weighted by atomic mass is 35.5. The minimum Gasteiger partial charge on any atom is -0.383 e. The molecule has 5 heteroatoms. The fraction of sp³-hybridized carbons (Fsp3) is 0.308. The number of aryl methyl sites for hydroxylation is 1. The quantitative estimate of drug-likeness (QED) is 0.867. The Bertz CT molecular complexity index is 605. The van der Waals surface area contributed by atoms with Gasteiger partial charge in [-0.05, 0) is 43.9 Å². The Morgan fingerprint density at radius 3 is 2.67 bits per heavy atom. The molecule has 0 bridgehead atoms.